The minimum atomic E-state index is -0.0314. The molecule has 1 aromatic heterocycles. The molecule has 90 valence electrons. The molecular formula is C10H18N4OS. The monoisotopic (exact) mass is 242 g/mol. The van der Waals surface area contributed by atoms with Crippen molar-refractivity contribution < 1.29 is 4.79 Å². The number of carbonyl (C=O) groups is 1. The van der Waals surface area contributed by atoms with Crippen LogP contribution < -0.4 is 11.1 Å². The van der Waals surface area contributed by atoms with Gasteiger partial charge < -0.3 is 11.1 Å². The molecule has 1 amide bonds. The largest absolute Gasteiger partial charge is 0.330 e. The van der Waals surface area contributed by atoms with Crippen LogP contribution in [0.4, 0.5) is 5.13 Å². The van der Waals surface area contributed by atoms with Crippen molar-refractivity contribution in [3.63, 3.8) is 0 Å². The van der Waals surface area contributed by atoms with E-state index in [9.17, 15) is 4.79 Å². The molecule has 0 saturated carbocycles. The molecule has 0 aliphatic carbocycles. The summed E-state index contributed by atoms with van der Waals surface area (Å²) < 4.78 is 0. The molecule has 5 nitrogen and oxygen atoms in total. The highest BCUT2D eigenvalue weighted by molar-refractivity contribution is 7.15. The summed E-state index contributed by atoms with van der Waals surface area (Å²) in [6, 6.07) is 0. The van der Waals surface area contributed by atoms with Gasteiger partial charge in [0, 0.05) is 6.42 Å². The number of amides is 1. The number of hydrogen-bond donors (Lipinski definition) is 2. The average molecular weight is 242 g/mol. The fraction of sp³-hybridized carbons (Fsp3) is 0.700. The van der Waals surface area contributed by atoms with E-state index in [-0.39, 0.29) is 11.8 Å². The van der Waals surface area contributed by atoms with Crippen LogP contribution in [-0.4, -0.2) is 22.6 Å². The van der Waals surface area contributed by atoms with Gasteiger partial charge in [0.2, 0.25) is 11.0 Å². The van der Waals surface area contributed by atoms with Crippen LogP contribution in [-0.2, 0) is 11.2 Å². The zero-order valence-electron chi connectivity index (χ0n) is 9.69. The predicted molar refractivity (Wildman–Crippen MR) is 65.4 cm³/mol. The Labute approximate surface area is 99.5 Å². The highest BCUT2D eigenvalue weighted by Crippen LogP contribution is 2.16. The Bertz CT molecular complexity index is 335. The molecule has 0 aromatic carbocycles. The average Bonchev–Trinajstić information content (AvgIpc) is 2.73. The Morgan fingerprint density at radius 3 is 2.75 bits per heavy atom. The first kappa shape index (κ1) is 13.1. The SMILES string of the molecule is CCc1nnc(NC(=O)CC(CC)CN)s1. The summed E-state index contributed by atoms with van der Waals surface area (Å²) in [5.41, 5.74) is 5.55. The number of hydrogen-bond acceptors (Lipinski definition) is 5. The van der Waals surface area contributed by atoms with Gasteiger partial charge in [-0.2, -0.15) is 0 Å². The number of aryl methyl sites for hydroxylation is 1. The molecule has 3 N–H and O–H groups in total. The lowest BCUT2D eigenvalue weighted by Crippen LogP contribution is -2.21. The van der Waals surface area contributed by atoms with Crippen molar-refractivity contribution in [2.75, 3.05) is 11.9 Å². The highest BCUT2D eigenvalue weighted by Gasteiger charge is 2.12. The smallest absolute Gasteiger partial charge is 0.226 e. The van der Waals surface area contributed by atoms with Gasteiger partial charge in [0.1, 0.15) is 5.01 Å². The van der Waals surface area contributed by atoms with Gasteiger partial charge in [-0.05, 0) is 18.9 Å². The first-order valence-electron chi connectivity index (χ1n) is 5.51. The highest BCUT2D eigenvalue weighted by atomic mass is 32.1. The number of nitrogens with two attached hydrogens (primary N) is 1. The van der Waals surface area contributed by atoms with Gasteiger partial charge in [0.15, 0.2) is 0 Å². The summed E-state index contributed by atoms with van der Waals surface area (Å²) >= 11 is 1.42. The molecule has 0 bridgehead atoms. The normalized spacial score (nSPS) is 12.4. The summed E-state index contributed by atoms with van der Waals surface area (Å²) in [6.07, 6.45) is 2.21. The molecule has 0 aliphatic heterocycles. The fourth-order valence-corrected chi connectivity index (χ4v) is 1.97. The van der Waals surface area contributed by atoms with Crippen molar-refractivity contribution >= 4 is 22.4 Å². The summed E-state index contributed by atoms with van der Waals surface area (Å²) in [5, 5.41) is 12.1. The lowest BCUT2D eigenvalue weighted by Gasteiger charge is -2.10. The van der Waals surface area contributed by atoms with Gasteiger partial charge >= 0.3 is 0 Å². The molecule has 1 aromatic rings. The molecule has 1 heterocycles. The van der Waals surface area contributed by atoms with Crippen LogP contribution in [0.25, 0.3) is 0 Å². The van der Waals surface area contributed by atoms with Crippen molar-refractivity contribution in [2.24, 2.45) is 11.7 Å². The zero-order valence-corrected chi connectivity index (χ0v) is 10.5. The van der Waals surface area contributed by atoms with Crippen LogP contribution >= 0.6 is 11.3 Å². The molecule has 0 saturated heterocycles. The Morgan fingerprint density at radius 2 is 2.25 bits per heavy atom. The Balaban J connectivity index is 2.44. The third-order valence-corrected chi connectivity index (χ3v) is 3.38. The van der Waals surface area contributed by atoms with Gasteiger partial charge in [-0.15, -0.1) is 10.2 Å². The first-order valence-corrected chi connectivity index (χ1v) is 6.33. The predicted octanol–water partition coefficient (Wildman–Crippen LogP) is 1.41. The van der Waals surface area contributed by atoms with Crippen molar-refractivity contribution in [1.29, 1.82) is 0 Å². The lowest BCUT2D eigenvalue weighted by atomic mass is 10.0. The summed E-state index contributed by atoms with van der Waals surface area (Å²) in [6.45, 7) is 4.58. The minimum absolute atomic E-state index is 0.0314. The summed E-state index contributed by atoms with van der Waals surface area (Å²) in [5.74, 6) is 0.217. The fourth-order valence-electron chi connectivity index (χ4n) is 1.27. The van der Waals surface area contributed by atoms with E-state index >= 15 is 0 Å². The molecule has 16 heavy (non-hydrogen) atoms. The maximum absolute atomic E-state index is 11.6. The Morgan fingerprint density at radius 1 is 1.50 bits per heavy atom. The van der Waals surface area contributed by atoms with E-state index in [1.54, 1.807) is 0 Å². The third kappa shape index (κ3) is 3.86. The Kier molecular flexibility index (Phi) is 5.34. The standard InChI is InChI=1S/C10H18N4OS/c1-3-7(6-11)5-8(15)12-10-14-13-9(4-2)16-10/h7H,3-6,11H2,1-2H3,(H,12,14,15). The van der Waals surface area contributed by atoms with E-state index in [0.717, 1.165) is 17.8 Å². The molecule has 6 heteroatoms. The molecule has 0 aliphatic rings. The van der Waals surface area contributed by atoms with Gasteiger partial charge in [0.25, 0.3) is 0 Å². The number of nitrogens with zero attached hydrogens (tertiary/aromatic N) is 2. The van der Waals surface area contributed by atoms with Gasteiger partial charge in [-0.25, -0.2) is 0 Å². The van der Waals surface area contributed by atoms with E-state index in [4.69, 9.17) is 5.73 Å². The third-order valence-electron chi connectivity index (χ3n) is 2.40. The number of carbonyl (C=O) groups excluding carboxylic acids is 1. The summed E-state index contributed by atoms with van der Waals surface area (Å²) in [7, 11) is 0. The van der Waals surface area contributed by atoms with Gasteiger partial charge in [-0.3, -0.25) is 4.79 Å². The van der Waals surface area contributed by atoms with Crippen LogP contribution in [0.3, 0.4) is 0 Å². The number of anilines is 1. The van der Waals surface area contributed by atoms with Crippen molar-refractivity contribution in [2.45, 2.75) is 33.1 Å². The minimum Gasteiger partial charge on any atom is -0.330 e. The van der Waals surface area contributed by atoms with Gasteiger partial charge in [0.05, 0.1) is 0 Å². The Hall–Kier alpha value is -1.01. The van der Waals surface area contributed by atoms with E-state index in [1.165, 1.54) is 11.3 Å². The number of aromatic nitrogens is 2. The van der Waals surface area contributed by atoms with Crippen LogP contribution in [0.15, 0.2) is 0 Å². The van der Waals surface area contributed by atoms with E-state index in [2.05, 4.69) is 15.5 Å². The topological polar surface area (TPSA) is 80.9 Å². The van der Waals surface area contributed by atoms with Crippen LogP contribution in [0.5, 0.6) is 0 Å². The van der Waals surface area contributed by atoms with E-state index in [0.29, 0.717) is 18.1 Å². The van der Waals surface area contributed by atoms with Crippen molar-refractivity contribution in [3.05, 3.63) is 5.01 Å². The number of rotatable bonds is 6. The lowest BCUT2D eigenvalue weighted by molar-refractivity contribution is -0.117. The first-order chi connectivity index (χ1) is 7.69. The molecule has 1 rings (SSSR count). The van der Waals surface area contributed by atoms with Crippen LogP contribution in [0, 0.1) is 5.92 Å². The molecule has 0 fully saturated rings. The van der Waals surface area contributed by atoms with E-state index in [1.807, 2.05) is 13.8 Å². The summed E-state index contributed by atoms with van der Waals surface area (Å²) in [4.78, 5) is 11.6. The van der Waals surface area contributed by atoms with Crippen LogP contribution in [0.2, 0.25) is 0 Å². The van der Waals surface area contributed by atoms with Crippen molar-refractivity contribution in [3.8, 4) is 0 Å². The second-order valence-electron chi connectivity index (χ2n) is 3.62. The van der Waals surface area contributed by atoms with Crippen LogP contribution in [0.1, 0.15) is 31.7 Å². The van der Waals surface area contributed by atoms with Crippen molar-refractivity contribution in [1.82, 2.24) is 10.2 Å². The maximum atomic E-state index is 11.6. The number of nitrogens with one attached hydrogen (secondary N) is 1. The zero-order chi connectivity index (χ0) is 12.0. The van der Waals surface area contributed by atoms with Gasteiger partial charge in [-0.1, -0.05) is 31.6 Å². The quantitative estimate of drug-likeness (QED) is 0.790. The second-order valence-corrected chi connectivity index (χ2v) is 4.68. The maximum Gasteiger partial charge on any atom is 0.226 e. The molecule has 0 radical (unpaired) electrons. The molecular weight excluding hydrogens is 224 g/mol. The molecule has 1 unspecified atom stereocenters. The molecule has 0 spiro atoms. The second kappa shape index (κ2) is 6.55. The molecule has 1 atom stereocenters. The van der Waals surface area contributed by atoms with E-state index < -0.39 is 0 Å².